The monoisotopic (exact) mass is 297 g/mol. The first-order valence-electron chi connectivity index (χ1n) is 7.23. The number of carbonyl (C=O) groups is 2. The first kappa shape index (κ1) is 17.2. The second-order valence-corrected chi connectivity index (χ2v) is 4.49. The number of esters is 2. The molecule has 118 valence electrons. The van der Waals surface area contributed by atoms with Crippen LogP contribution < -0.4 is 0 Å². The largest absolute Gasteiger partial charge is 0.467 e. The predicted octanol–water partition coefficient (Wildman–Crippen LogP) is 2.23. The Labute approximate surface area is 125 Å². The van der Waals surface area contributed by atoms with Crippen molar-refractivity contribution in [3.8, 4) is 0 Å². The van der Waals surface area contributed by atoms with Gasteiger partial charge < -0.3 is 13.9 Å². The first-order valence-corrected chi connectivity index (χ1v) is 7.23. The summed E-state index contributed by atoms with van der Waals surface area (Å²) in [6.07, 6.45) is 2.34. The molecule has 1 aromatic rings. The number of hydrogen-bond donors (Lipinski definition) is 0. The van der Waals surface area contributed by atoms with Gasteiger partial charge in [-0.05, 0) is 32.9 Å². The molecule has 0 N–H and O–H groups in total. The van der Waals surface area contributed by atoms with E-state index >= 15 is 0 Å². The van der Waals surface area contributed by atoms with E-state index in [-0.39, 0.29) is 12.5 Å². The van der Waals surface area contributed by atoms with E-state index in [1.165, 1.54) is 6.26 Å². The number of ether oxygens (including phenoxy) is 2. The Morgan fingerprint density at radius 2 is 1.90 bits per heavy atom. The summed E-state index contributed by atoms with van der Waals surface area (Å²) in [6, 6.07) is 1.59. The van der Waals surface area contributed by atoms with Gasteiger partial charge in [0, 0.05) is 0 Å². The van der Waals surface area contributed by atoms with Crippen molar-refractivity contribution in [3.63, 3.8) is 0 Å². The predicted molar refractivity (Wildman–Crippen MR) is 76.9 cm³/mol. The third kappa shape index (κ3) is 5.59. The van der Waals surface area contributed by atoms with Gasteiger partial charge in [-0.2, -0.15) is 0 Å². The molecule has 6 heteroatoms. The topological polar surface area (TPSA) is 69.0 Å². The van der Waals surface area contributed by atoms with Crippen molar-refractivity contribution in [2.45, 2.75) is 33.7 Å². The van der Waals surface area contributed by atoms with Crippen LogP contribution in [0.2, 0.25) is 0 Å². The molecular formula is C15H23NO5. The van der Waals surface area contributed by atoms with Gasteiger partial charge in [-0.3, -0.25) is 9.69 Å². The third-order valence-corrected chi connectivity index (χ3v) is 2.81. The highest BCUT2D eigenvalue weighted by Crippen LogP contribution is 2.15. The lowest BCUT2D eigenvalue weighted by molar-refractivity contribution is -0.144. The summed E-state index contributed by atoms with van der Waals surface area (Å²) < 4.78 is 15.3. The molecule has 0 bridgehead atoms. The molecule has 0 saturated carbocycles. The van der Waals surface area contributed by atoms with Crippen LogP contribution in [0.1, 0.15) is 43.3 Å². The van der Waals surface area contributed by atoms with E-state index < -0.39 is 5.97 Å². The minimum absolute atomic E-state index is 0.171. The Hall–Kier alpha value is -1.82. The molecule has 0 aromatic carbocycles. The van der Waals surface area contributed by atoms with Crippen LogP contribution >= 0.6 is 0 Å². The Bertz CT molecular complexity index is 455. The van der Waals surface area contributed by atoms with E-state index in [0.717, 1.165) is 6.42 Å². The lowest BCUT2D eigenvalue weighted by atomic mass is 10.2. The average molecular weight is 297 g/mol. The SMILES string of the molecule is CCCN(CC(=O)OCC)Cc1occc1C(=O)OCC. The van der Waals surface area contributed by atoms with Crippen molar-refractivity contribution >= 4 is 11.9 Å². The van der Waals surface area contributed by atoms with Crippen LogP contribution in [0, 0.1) is 0 Å². The van der Waals surface area contributed by atoms with Crippen LogP contribution in [0.3, 0.4) is 0 Å². The fourth-order valence-electron chi connectivity index (χ4n) is 1.98. The summed E-state index contributed by atoms with van der Waals surface area (Å²) in [6.45, 7) is 7.46. The lowest BCUT2D eigenvalue weighted by Crippen LogP contribution is -2.31. The van der Waals surface area contributed by atoms with Crippen LogP contribution in [0.25, 0.3) is 0 Å². The molecule has 0 amide bonds. The smallest absolute Gasteiger partial charge is 0.341 e. The van der Waals surface area contributed by atoms with Gasteiger partial charge in [0.05, 0.1) is 32.6 Å². The highest BCUT2D eigenvalue weighted by atomic mass is 16.5. The normalized spacial score (nSPS) is 10.7. The fourth-order valence-corrected chi connectivity index (χ4v) is 1.98. The molecule has 0 unspecified atom stereocenters. The average Bonchev–Trinajstić information content (AvgIpc) is 2.87. The molecule has 6 nitrogen and oxygen atoms in total. The molecule has 0 fully saturated rings. The molecule has 21 heavy (non-hydrogen) atoms. The molecule has 0 aliphatic carbocycles. The molecule has 0 aliphatic rings. The molecular weight excluding hydrogens is 274 g/mol. The van der Waals surface area contributed by atoms with Gasteiger partial charge in [0.2, 0.25) is 0 Å². The van der Waals surface area contributed by atoms with Crippen LogP contribution in [0.15, 0.2) is 16.7 Å². The fraction of sp³-hybridized carbons (Fsp3) is 0.600. The summed E-state index contributed by atoms with van der Waals surface area (Å²) in [5.74, 6) is -0.185. The molecule has 1 heterocycles. The van der Waals surface area contributed by atoms with Gasteiger partial charge in [-0.25, -0.2) is 4.79 Å². The quantitative estimate of drug-likeness (QED) is 0.651. The second-order valence-electron chi connectivity index (χ2n) is 4.49. The van der Waals surface area contributed by atoms with E-state index in [0.29, 0.717) is 37.6 Å². The maximum absolute atomic E-state index is 11.8. The molecule has 0 spiro atoms. The third-order valence-electron chi connectivity index (χ3n) is 2.81. The number of nitrogens with zero attached hydrogens (tertiary/aromatic N) is 1. The lowest BCUT2D eigenvalue weighted by Gasteiger charge is -2.19. The zero-order valence-corrected chi connectivity index (χ0v) is 12.9. The highest BCUT2D eigenvalue weighted by molar-refractivity contribution is 5.90. The van der Waals surface area contributed by atoms with Gasteiger partial charge >= 0.3 is 11.9 Å². The summed E-state index contributed by atoms with van der Waals surface area (Å²) in [5, 5.41) is 0. The molecule has 0 saturated heterocycles. The molecule has 0 radical (unpaired) electrons. The van der Waals surface area contributed by atoms with Gasteiger partial charge in [-0.1, -0.05) is 6.92 Å². The zero-order valence-electron chi connectivity index (χ0n) is 12.9. The van der Waals surface area contributed by atoms with Gasteiger partial charge in [0.1, 0.15) is 11.3 Å². The Kier molecular flexibility index (Phi) is 7.53. The molecule has 0 atom stereocenters. The minimum atomic E-state index is -0.408. The van der Waals surface area contributed by atoms with Crippen molar-refractivity contribution in [1.82, 2.24) is 4.90 Å². The zero-order chi connectivity index (χ0) is 15.7. The molecule has 1 rings (SSSR count). The van der Waals surface area contributed by atoms with Gasteiger partial charge in [-0.15, -0.1) is 0 Å². The van der Waals surface area contributed by atoms with Crippen LogP contribution in [0.5, 0.6) is 0 Å². The van der Waals surface area contributed by atoms with Crippen LogP contribution in [-0.4, -0.2) is 43.1 Å². The molecule has 0 aliphatic heterocycles. The number of hydrogen-bond acceptors (Lipinski definition) is 6. The standard InChI is InChI=1S/C15H23NO5/c1-4-8-16(11-14(17)19-5-2)10-13-12(7-9-21-13)15(18)20-6-3/h7,9H,4-6,8,10-11H2,1-3H3. The van der Waals surface area contributed by atoms with Crippen molar-refractivity contribution in [2.75, 3.05) is 26.3 Å². The van der Waals surface area contributed by atoms with Crippen LogP contribution in [0.4, 0.5) is 0 Å². The highest BCUT2D eigenvalue weighted by Gasteiger charge is 2.19. The second kappa shape index (κ2) is 9.18. The maximum atomic E-state index is 11.8. The summed E-state index contributed by atoms with van der Waals surface area (Å²) in [7, 11) is 0. The van der Waals surface area contributed by atoms with E-state index in [2.05, 4.69) is 0 Å². The van der Waals surface area contributed by atoms with E-state index in [4.69, 9.17) is 13.9 Å². The van der Waals surface area contributed by atoms with E-state index in [1.54, 1.807) is 19.9 Å². The van der Waals surface area contributed by atoms with Gasteiger partial charge in [0.25, 0.3) is 0 Å². The summed E-state index contributed by atoms with van der Waals surface area (Å²) in [4.78, 5) is 25.3. The van der Waals surface area contributed by atoms with Gasteiger partial charge in [0.15, 0.2) is 0 Å². The summed E-state index contributed by atoms with van der Waals surface area (Å²) in [5.41, 5.74) is 0.404. The van der Waals surface area contributed by atoms with Crippen molar-refractivity contribution in [2.24, 2.45) is 0 Å². The van der Waals surface area contributed by atoms with Crippen LogP contribution in [-0.2, 0) is 20.8 Å². The maximum Gasteiger partial charge on any atom is 0.341 e. The number of carbonyl (C=O) groups excluding carboxylic acids is 2. The van der Waals surface area contributed by atoms with Crippen molar-refractivity contribution < 1.29 is 23.5 Å². The number of rotatable bonds is 9. The van der Waals surface area contributed by atoms with E-state index in [1.807, 2.05) is 11.8 Å². The summed E-state index contributed by atoms with van der Waals surface area (Å²) >= 11 is 0. The van der Waals surface area contributed by atoms with Crippen molar-refractivity contribution in [1.29, 1.82) is 0 Å². The number of furan rings is 1. The molecule has 1 aromatic heterocycles. The van der Waals surface area contributed by atoms with Crippen molar-refractivity contribution in [3.05, 3.63) is 23.7 Å². The Morgan fingerprint density at radius 3 is 2.52 bits per heavy atom. The minimum Gasteiger partial charge on any atom is -0.467 e. The Morgan fingerprint density at radius 1 is 1.19 bits per heavy atom. The first-order chi connectivity index (χ1) is 10.1. The Balaban J connectivity index is 2.73. The van der Waals surface area contributed by atoms with E-state index in [9.17, 15) is 9.59 Å².